The molecule has 2 fully saturated rings. The van der Waals surface area contributed by atoms with Crippen LogP contribution in [0.3, 0.4) is 0 Å². The van der Waals surface area contributed by atoms with Crippen LogP contribution in [0.25, 0.3) is 0 Å². The second-order valence-electron chi connectivity index (χ2n) is 7.17. The van der Waals surface area contributed by atoms with E-state index in [2.05, 4.69) is 35.4 Å². The second-order valence-corrected chi connectivity index (χ2v) is 7.17. The van der Waals surface area contributed by atoms with E-state index < -0.39 is 0 Å². The highest BCUT2D eigenvalue weighted by Crippen LogP contribution is 2.17. The van der Waals surface area contributed by atoms with Crippen LogP contribution in [-0.4, -0.2) is 72.2 Å². The van der Waals surface area contributed by atoms with E-state index in [1.807, 2.05) is 10.9 Å². The van der Waals surface area contributed by atoms with Crippen molar-refractivity contribution < 1.29 is 9.47 Å². The molecule has 2 saturated heterocycles. The summed E-state index contributed by atoms with van der Waals surface area (Å²) in [6.45, 7) is 10.2. The van der Waals surface area contributed by atoms with Gasteiger partial charge in [-0.2, -0.15) is 5.10 Å². The Balaban J connectivity index is 0.00000261. The van der Waals surface area contributed by atoms with E-state index in [0.717, 1.165) is 71.2 Å². The third-order valence-electron chi connectivity index (χ3n) is 4.97. The first-order valence-electron chi connectivity index (χ1n) is 10.00. The van der Waals surface area contributed by atoms with Crippen LogP contribution in [-0.2, 0) is 16.0 Å². The number of ether oxygens (including phenoxy) is 2. The lowest BCUT2D eigenvalue weighted by atomic mass is 10.1. The van der Waals surface area contributed by atoms with Crippen LogP contribution in [0.2, 0.25) is 0 Å². The van der Waals surface area contributed by atoms with Gasteiger partial charge in [0.15, 0.2) is 5.96 Å². The fourth-order valence-corrected chi connectivity index (χ4v) is 3.53. The van der Waals surface area contributed by atoms with Crippen molar-refractivity contribution in [3.63, 3.8) is 0 Å². The number of aliphatic imine (C=N–C) groups is 1. The maximum Gasteiger partial charge on any atom is 0.193 e. The van der Waals surface area contributed by atoms with E-state index in [1.54, 1.807) is 0 Å². The van der Waals surface area contributed by atoms with E-state index in [0.29, 0.717) is 12.2 Å². The zero-order chi connectivity index (χ0) is 18.2. The maximum absolute atomic E-state index is 6.07. The van der Waals surface area contributed by atoms with Crippen molar-refractivity contribution >= 4 is 29.9 Å². The number of likely N-dealkylation sites (tertiary alicyclic amines) is 1. The number of guanidine groups is 1. The zero-order valence-corrected chi connectivity index (χ0v) is 18.9. The van der Waals surface area contributed by atoms with Crippen molar-refractivity contribution in [2.75, 3.05) is 39.4 Å². The minimum absolute atomic E-state index is 0. The molecule has 2 aliphatic heterocycles. The fourth-order valence-electron chi connectivity index (χ4n) is 3.53. The highest BCUT2D eigenvalue weighted by atomic mass is 127. The molecule has 1 unspecified atom stereocenters. The molecule has 3 rings (SSSR count). The van der Waals surface area contributed by atoms with Gasteiger partial charge in [0.1, 0.15) is 0 Å². The number of aromatic nitrogens is 2. The van der Waals surface area contributed by atoms with Gasteiger partial charge < -0.3 is 19.7 Å². The summed E-state index contributed by atoms with van der Waals surface area (Å²) in [5, 5.41) is 7.74. The number of hydrogen-bond acceptors (Lipinski definition) is 4. The van der Waals surface area contributed by atoms with Crippen LogP contribution in [0.1, 0.15) is 38.2 Å². The number of aryl methyl sites for hydroxylation is 1. The molecular weight excluding hydrogens is 457 g/mol. The lowest BCUT2D eigenvalue weighted by molar-refractivity contribution is -0.0367. The monoisotopic (exact) mass is 491 g/mol. The Morgan fingerprint density at radius 3 is 2.81 bits per heavy atom. The topological polar surface area (TPSA) is 63.9 Å². The van der Waals surface area contributed by atoms with Gasteiger partial charge in [0.25, 0.3) is 0 Å². The van der Waals surface area contributed by atoms with Gasteiger partial charge in [0.05, 0.1) is 38.1 Å². The maximum atomic E-state index is 6.07. The van der Waals surface area contributed by atoms with Gasteiger partial charge in [-0.25, -0.2) is 0 Å². The molecule has 3 heterocycles. The molecule has 8 heteroatoms. The fraction of sp³-hybridized carbons (Fsp3) is 0.789. The Hall–Kier alpha value is -0.870. The average molecular weight is 491 g/mol. The summed E-state index contributed by atoms with van der Waals surface area (Å²) in [6, 6.07) is 0. The highest BCUT2D eigenvalue weighted by molar-refractivity contribution is 14.0. The zero-order valence-electron chi connectivity index (χ0n) is 16.6. The molecule has 27 heavy (non-hydrogen) atoms. The molecule has 0 radical (unpaired) electrons. The molecule has 1 aromatic heterocycles. The lowest BCUT2D eigenvalue weighted by Gasteiger charge is -2.34. The van der Waals surface area contributed by atoms with Crippen LogP contribution in [0.4, 0.5) is 0 Å². The van der Waals surface area contributed by atoms with Crippen molar-refractivity contribution in [1.82, 2.24) is 20.0 Å². The molecule has 1 atom stereocenters. The second kappa shape index (κ2) is 11.9. The first kappa shape index (κ1) is 22.4. The largest absolute Gasteiger partial charge is 0.376 e. The van der Waals surface area contributed by atoms with Crippen molar-refractivity contribution in [2.45, 2.75) is 58.3 Å². The summed E-state index contributed by atoms with van der Waals surface area (Å²) < 4.78 is 13.7. The molecule has 0 aliphatic carbocycles. The quantitative estimate of drug-likeness (QED) is 0.361. The van der Waals surface area contributed by atoms with Crippen LogP contribution < -0.4 is 5.32 Å². The molecule has 154 valence electrons. The van der Waals surface area contributed by atoms with Crippen LogP contribution in [0, 0.1) is 6.92 Å². The molecule has 2 aliphatic rings. The predicted octanol–water partition coefficient (Wildman–Crippen LogP) is 2.44. The predicted molar refractivity (Wildman–Crippen MR) is 118 cm³/mol. The van der Waals surface area contributed by atoms with Crippen LogP contribution in [0.5, 0.6) is 0 Å². The molecular formula is C19H34IN5O2. The van der Waals surface area contributed by atoms with E-state index >= 15 is 0 Å². The first-order chi connectivity index (χ1) is 12.7. The summed E-state index contributed by atoms with van der Waals surface area (Å²) in [7, 11) is 0. The normalized spacial score (nSPS) is 21.3. The number of nitrogens with zero attached hydrogens (tertiary/aromatic N) is 4. The average Bonchev–Trinajstić information content (AvgIpc) is 3.31. The summed E-state index contributed by atoms with van der Waals surface area (Å²) in [6.07, 6.45) is 9.03. The molecule has 0 amide bonds. The Kier molecular flexibility index (Phi) is 9.84. The van der Waals surface area contributed by atoms with E-state index in [-0.39, 0.29) is 24.0 Å². The third-order valence-corrected chi connectivity index (χ3v) is 4.97. The summed E-state index contributed by atoms with van der Waals surface area (Å²) >= 11 is 0. The van der Waals surface area contributed by atoms with Gasteiger partial charge in [0.2, 0.25) is 0 Å². The van der Waals surface area contributed by atoms with Gasteiger partial charge in [-0.3, -0.25) is 9.67 Å². The van der Waals surface area contributed by atoms with Gasteiger partial charge in [-0.05, 0) is 45.1 Å². The van der Waals surface area contributed by atoms with Gasteiger partial charge >= 0.3 is 0 Å². The minimum Gasteiger partial charge on any atom is -0.376 e. The molecule has 1 aromatic rings. The van der Waals surface area contributed by atoms with E-state index in [1.165, 1.54) is 12.0 Å². The van der Waals surface area contributed by atoms with Gasteiger partial charge in [0, 0.05) is 32.4 Å². The highest BCUT2D eigenvalue weighted by Gasteiger charge is 2.24. The first-order valence-corrected chi connectivity index (χ1v) is 10.00. The molecule has 0 saturated carbocycles. The Morgan fingerprint density at radius 2 is 2.19 bits per heavy atom. The van der Waals surface area contributed by atoms with Crippen molar-refractivity contribution in [2.24, 2.45) is 4.99 Å². The lowest BCUT2D eigenvalue weighted by Crippen LogP contribution is -2.47. The van der Waals surface area contributed by atoms with Crippen molar-refractivity contribution in [3.05, 3.63) is 18.0 Å². The van der Waals surface area contributed by atoms with Gasteiger partial charge in [-0.1, -0.05) is 0 Å². The molecule has 7 nitrogen and oxygen atoms in total. The summed E-state index contributed by atoms with van der Waals surface area (Å²) in [4.78, 5) is 7.14. The van der Waals surface area contributed by atoms with Crippen LogP contribution >= 0.6 is 24.0 Å². The Morgan fingerprint density at radius 1 is 1.37 bits per heavy atom. The third kappa shape index (κ3) is 7.23. The summed E-state index contributed by atoms with van der Waals surface area (Å²) in [5.74, 6) is 1.01. The Bertz CT molecular complexity index is 566. The number of hydrogen-bond donors (Lipinski definition) is 1. The standard InChI is InChI=1S/C19H33N5O2.HI/c1-3-20-19(21-8-11-24-14-16(2)13-22-24)23-9-6-17(7-10-23)26-15-18-5-4-12-25-18;/h13-14,17-18H,3-12,15H2,1-2H3,(H,20,21);1H. The van der Waals surface area contributed by atoms with E-state index in [4.69, 9.17) is 14.5 Å². The van der Waals surface area contributed by atoms with Crippen molar-refractivity contribution in [3.8, 4) is 0 Å². The van der Waals surface area contributed by atoms with Crippen molar-refractivity contribution in [1.29, 1.82) is 0 Å². The van der Waals surface area contributed by atoms with Crippen LogP contribution in [0.15, 0.2) is 17.4 Å². The number of nitrogens with one attached hydrogen (secondary N) is 1. The number of piperidine rings is 1. The summed E-state index contributed by atoms with van der Waals surface area (Å²) in [5.41, 5.74) is 1.19. The molecule has 0 aromatic carbocycles. The van der Waals surface area contributed by atoms with Gasteiger partial charge in [-0.15, -0.1) is 24.0 Å². The Labute approximate surface area is 179 Å². The number of halogens is 1. The minimum atomic E-state index is 0. The molecule has 0 spiro atoms. The smallest absolute Gasteiger partial charge is 0.193 e. The molecule has 1 N–H and O–H groups in total. The van der Waals surface area contributed by atoms with E-state index in [9.17, 15) is 0 Å². The molecule has 0 bridgehead atoms. The SMILES string of the molecule is CCNC(=NCCn1cc(C)cn1)N1CCC(OCC2CCCO2)CC1.I. The number of rotatable bonds is 7.